The Morgan fingerprint density at radius 2 is 1.24 bits per heavy atom. The lowest BCUT2D eigenvalue weighted by atomic mass is 10.0. The first-order chi connectivity index (χ1) is 53.8. The molecule has 0 saturated carbocycles. The van der Waals surface area contributed by atoms with Crippen molar-refractivity contribution in [3.05, 3.63) is 71.9 Å². The molecule has 2 aromatic carbocycles. The molecular formula is C79H126N16O17. The third-order valence-electron chi connectivity index (χ3n) is 19.4. The Balaban J connectivity index is 0.000000485. The highest BCUT2D eigenvalue weighted by molar-refractivity contribution is 5.98. The number of primary amides is 1. The predicted molar refractivity (Wildman–Crippen MR) is 423 cm³/mol. The molecule has 0 radical (unpaired) electrons. The van der Waals surface area contributed by atoms with Crippen LogP contribution >= 0.6 is 0 Å². The number of aliphatic imine (C=N–C) groups is 1. The first-order valence-electron chi connectivity index (χ1n) is 40.0. The van der Waals surface area contributed by atoms with E-state index in [1.807, 2.05) is 31.2 Å². The molecule has 0 bridgehead atoms. The Morgan fingerprint density at radius 3 is 1.91 bits per heavy atom. The van der Waals surface area contributed by atoms with Gasteiger partial charge in [-0.05, 0) is 75.0 Å². The number of carboxylic acid groups (broad SMARTS) is 1. The van der Waals surface area contributed by atoms with Gasteiger partial charge in [-0.2, -0.15) is 0 Å². The minimum absolute atomic E-state index is 0.00438. The lowest BCUT2D eigenvalue weighted by Gasteiger charge is -2.29. The second kappa shape index (κ2) is 54.8. The number of aliphatic carboxylic acids is 1. The van der Waals surface area contributed by atoms with Crippen LogP contribution in [0.4, 0.5) is 0 Å². The van der Waals surface area contributed by atoms with Crippen LogP contribution in [-0.4, -0.2) is 218 Å². The van der Waals surface area contributed by atoms with Gasteiger partial charge in [0.15, 0.2) is 5.96 Å². The number of nitrogens with two attached hydrogens (primary N) is 3. The smallest absolute Gasteiger partial charge is 0.303 e. The summed E-state index contributed by atoms with van der Waals surface area (Å²) in [5.41, 5.74) is 19.0. The summed E-state index contributed by atoms with van der Waals surface area (Å²) in [5.74, 6) is -8.36. The number of hydrogen-bond donors (Lipinski definition) is 16. The van der Waals surface area contributed by atoms with Crippen molar-refractivity contribution in [2.24, 2.45) is 28.1 Å². The Hall–Kier alpha value is -9.76. The normalized spacial score (nSPS) is 19.4. The fourth-order valence-corrected chi connectivity index (χ4v) is 13.0. The van der Waals surface area contributed by atoms with Crippen LogP contribution in [0.3, 0.4) is 0 Å². The highest BCUT2D eigenvalue weighted by Gasteiger charge is 2.42. The molecular weight excluding hydrogens is 1440 g/mol. The third-order valence-corrected chi connectivity index (χ3v) is 19.4. The Kier molecular flexibility index (Phi) is 46.3. The van der Waals surface area contributed by atoms with Crippen molar-refractivity contribution in [3.8, 4) is 0 Å². The lowest BCUT2D eigenvalue weighted by molar-refractivity contribution is -0.142. The van der Waals surface area contributed by atoms with Crippen molar-refractivity contribution in [3.63, 3.8) is 0 Å². The SMILES string of the molecule is CCCCCCCCCCCCCCCC(=O)NCC(=O)N[C@@H](CCC(=O)O)C(=O)NCCOCCOCC(=O)N[C@@H](CCCC)C(=O)NC.C[C@H]1CCC(=O)NCCCC[C@@H](C(N)=O)NC(=O)[C@H](Cc2c[nH]c3ccccc23)NC(=O)[C@H](CCCN=C(N)N)NC(=O)[C@@H](Cc2ccccc2)NC(=O)[C@@H]2C[C@@H](O)CN2C1=O. The van der Waals surface area contributed by atoms with Gasteiger partial charge in [-0.15, -0.1) is 0 Å². The van der Waals surface area contributed by atoms with Crippen LogP contribution in [-0.2, 0) is 84.6 Å². The Bertz CT molecular complexity index is 3450. The van der Waals surface area contributed by atoms with E-state index in [-0.39, 0.29) is 147 Å². The number of hydrogen-bond acceptors (Lipinski definition) is 17. The third kappa shape index (κ3) is 38.4. The molecule has 33 nitrogen and oxygen atoms in total. The van der Waals surface area contributed by atoms with Crippen molar-refractivity contribution < 1.29 is 82.0 Å². The van der Waals surface area contributed by atoms with Crippen LogP contribution in [0.1, 0.15) is 205 Å². The van der Waals surface area contributed by atoms with Gasteiger partial charge in [0.05, 0.1) is 32.5 Å². The summed E-state index contributed by atoms with van der Waals surface area (Å²) in [6.45, 7) is 6.08. The monoisotopic (exact) mass is 1570 g/mol. The number of H-pyrrole nitrogens is 1. The number of unbranched alkanes of at least 4 members (excludes halogenated alkanes) is 13. The van der Waals surface area contributed by atoms with Gasteiger partial charge in [0.1, 0.15) is 48.9 Å². The molecule has 2 aliphatic rings. The van der Waals surface area contributed by atoms with Crippen molar-refractivity contribution >= 4 is 93.7 Å². The average Bonchev–Trinajstić information content (AvgIpc) is 1.66. The number of aromatic amines is 1. The van der Waals surface area contributed by atoms with E-state index in [0.717, 1.165) is 43.0 Å². The number of guanidine groups is 1. The Morgan fingerprint density at radius 1 is 0.634 bits per heavy atom. The number of nitrogens with zero attached hydrogens (tertiary/aromatic N) is 2. The fraction of sp³-hybridized carbons (Fsp3) is 0.646. The number of likely N-dealkylation sites (N-methyl/N-ethyl adjacent to an activating group) is 1. The number of aliphatic hydroxyl groups is 1. The van der Waals surface area contributed by atoms with E-state index in [1.54, 1.807) is 43.5 Å². The van der Waals surface area contributed by atoms with Gasteiger partial charge in [0.2, 0.25) is 70.9 Å². The molecule has 0 aliphatic carbocycles. The van der Waals surface area contributed by atoms with E-state index in [2.05, 4.69) is 70.1 Å². The van der Waals surface area contributed by atoms with Gasteiger partial charge in [0, 0.05) is 94.8 Å². The van der Waals surface area contributed by atoms with Crippen molar-refractivity contribution in [2.75, 3.05) is 66.2 Å². The summed E-state index contributed by atoms with van der Waals surface area (Å²) in [6, 6.07) is 8.56. The number of rotatable bonds is 43. The Labute approximate surface area is 657 Å². The van der Waals surface area contributed by atoms with Crippen LogP contribution < -0.4 is 70.4 Å². The number of carbonyl (C=O) groups excluding carboxylic acids is 12. The van der Waals surface area contributed by atoms with Gasteiger partial charge in [-0.25, -0.2) is 0 Å². The van der Waals surface area contributed by atoms with Crippen LogP contribution in [0.5, 0.6) is 0 Å². The molecule has 33 heteroatoms. The summed E-state index contributed by atoms with van der Waals surface area (Å²) in [6.07, 6.45) is 19.9. The number of aromatic nitrogens is 1. The molecule has 2 aliphatic heterocycles. The maximum atomic E-state index is 14.4. The quantitative estimate of drug-likeness (QED) is 0.0220. The standard InChI is InChI=1S/C43H59N11O8.C36H67N5O9/c1-25-16-17-36(56)47-18-8-7-14-31(37(44)57)50-40(60)34(21-27-23-49-30-13-6-5-12-29(27)30)52-38(58)32(15-9-19-48-43(45)46)51-39(59)33(20-26-10-3-2-4-11-26)53-41(61)35-22-28(55)24-54(35)42(25)62;1-4-6-8-9-10-11-12-13-14-15-16-17-18-20-31(42)39-27-32(43)40-30(21-22-34(45)46)36(48)38-23-24-49-25-26-50-28-33(44)41-29(19-7-5-2)35(47)37-3/h2-6,10-13,23,25,28,31-35,49,55H,7-9,14-22,24H2,1H3,(H2,44,57)(H,47,56)(H,50,60)(H,51,59)(H,52,58)(H,53,61)(H4,45,46,48);29-30H,4-28H2,1-3H3,(H,37,47)(H,38,48)(H,39,42)(H,40,43)(H,41,44)(H,45,46)/t25-,28+,31-,32-,33+,34-,35-;29-,30-/m00/s1. The molecule has 9 atom stereocenters. The van der Waals surface area contributed by atoms with Crippen molar-refractivity contribution in [1.29, 1.82) is 0 Å². The lowest BCUT2D eigenvalue weighted by Crippen LogP contribution is -2.59. The van der Waals surface area contributed by atoms with Crippen LogP contribution in [0.25, 0.3) is 10.9 Å². The van der Waals surface area contributed by atoms with E-state index in [4.69, 9.17) is 31.8 Å². The van der Waals surface area contributed by atoms with Gasteiger partial charge >= 0.3 is 5.97 Å². The minimum Gasteiger partial charge on any atom is -0.481 e. The van der Waals surface area contributed by atoms with Crippen LogP contribution in [0.2, 0.25) is 0 Å². The number of amides is 12. The number of benzene rings is 2. The first-order valence-corrected chi connectivity index (χ1v) is 40.0. The van der Waals surface area contributed by atoms with Gasteiger partial charge in [0.25, 0.3) is 0 Å². The maximum Gasteiger partial charge on any atom is 0.303 e. The largest absolute Gasteiger partial charge is 0.481 e. The number of aliphatic hydroxyl groups excluding tert-OH is 1. The molecule has 0 spiro atoms. The summed E-state index contributed by atoms with van der Waals surface area (Å²) < 4.78 is 10.7. The van der Waals surface area contributed by atoms with Crippen molar-refractivity contribution in [2.45, 2.75) is 255 Å². The number of ether oxygens (including phenoxy) is 2. The molecule has 3 heterocycles. The zero-order chi connectivity index (χ0) is 82.0. The van der Waals surface area contributed by atoms with Gasteiger partial charge in [-0.3, -0.25) is 67.3 Å². The minimum atomic E-state index is -1.27. The molecule has 624 valence electrons. The zero-order valence-corrected chi connectivity index (χ0v) is 66.0. The van der Waals surface area contributed by atoms with E-state index in [9.17, 15) is 67.4 Å². The van der Waals surface area contributed by atoms with E-state index >= 15 is 0 Å². The highest BCUT2D eigenvalue weighted by atomic mass is 16.5. The van der Waals surface area contributed by atoms with Crippen LogP contribution in [0, 0.1) is 5.92 Å². The first kappa shape index (κ1) is 94.6. The summed E-state index contributed by atoms with van der Waals surface area (Å²) in [4.78, 5) is 177. The van der Waals surface area contributed by atoms with Crippen molar-refractivity contribution in [1.82, 2.24) is 63.1 Å². The number of fused-ring (bicyclic) bond motifs is 2. The number of carbonyl (C=O) groups is 13. The number of nitrogens with one attached hydrogen (secondary N) is 11. The molecule has 3 aromatic rings. The second-order valence-electron chi connectivity index (χ2n) is 28.7. The van der Waals surface area contributed by atoms with E-state index in [1.165, 1.54) is 76.2 Å². The van der Waals surface area contributed by atoms with E-state index < -0.39 is 113 Å². The highest BCUT2D eigenvalue weighted by Crippen LogP contribution is 2.24. The average molecular weight is 1570 g/mol. The predicted octanol–water partition coefficient (Wildman–Crippen LogP) is 2.61. The fourth-order valence-electron chi connectivity index (χ4n) is 13.0. The molecule has 0 unspecified atom stereocenters. The summed E-state index contributed by atoms with van der Waals surface area (Å²) in [5, 5.41) is 47.3. The molecule has 112 heavy (non-hydrogen) atoms. The molecule has 2 fully saturated rings. The van der Waals surface area contributed by atoms with Gasteiger partial charge in [-0.1, -0.05) is 159 Å². The van der Waals surface area contributed by atoms with E-state index in [0.29, 0.717) is 36.8 Å². The molecule has 1 aromatic heterocycles. The summed E-state index contributed by atoms with van der Waals surface area (Å²) >= 11 is 0. The molecule has 19 N–H and O–H groups in total. The molecule has 12 amide bonds. The molecule has 5 rings (SSSR count). The topological polar surface area (TPSA) is 511 Å². The summed E-state index contributed by atoms with van der Waals surface area (Å²) in [7, 11) is 1.51. The number of carboxylic acids is 1. The number of para-hydroxylation sites is 1. The van der Waals surface area contributed by atoms with Gasteiger partial charge < -0.3 is 99.9 Å². The van der Waals surface area contributed by atoms with Crippen LogP contribution in [0.15, 0.2) is 65.8 Å². The maximum absolute atomic E-state index is 14.4. The second-order valence-corrected chi connectivity index (χ2v) is 28.7. The molecule has 2 saturated heterocycles. The zero-order valence-electron chi connectivity index (χ0n) is 66.0.